The second-order valence-electron chi connectivity index (χ2n) is 7.68. The summed E-state index contributed by atoms with van der Waals surface area (Å²) in [6, 6.07) is 12.6. The lowest BCUT2D eigenvalue weighted by Gasteiger charge is -2.13. The maximum Gasteiger partial charge on any atom is 0.416 e. The number of nitrogens with one attached hydrogen (secondary N) is 1. The second kappa shape index (κ2) is 9.75. The van der Waals surface area contributed by atoms with Crippen LogP contribution in [-0.4, -0.2) is 27.9 Å². The molecule has 0 aliphatic rings. The number of nitrogens with zero attached hydrogens (tertiary/aromatic N) is 2. The molecule has 0 aliphatic carbocycles. The van der Waals surface area contributed by atoms with Crippen molar-refractivity contribution < 1.29 is 27.5 Å². The van der Waals surface area contributed by atoms with Crippen LogP contribution in [0, 0.1) is 13.8 Å². The van der Waals surface area contributed by atoms with Gasteiger partial charge >= 0.3 is 12.1 Å². The molecule has 4 aromatic rings. The molecule has 35 heavy (non-hydrogen) atoms. The number of alkyl halides is 3. The molecule has 180 valence electrons. The van der Waals surface area contributed by atoms with E-state index in [0.717, 1.165) is 23.0 Å². The Balaban J connectivity index is 1.48. The number of Topliss-reactive ketones (excluding diaryl/α,β-unsaturated/α-hetero) is 1. The SMILES string of the molecule is Cc1cc(C(=O)COC(=O)c2ccccc2Nc2cccc(C(F)(F)F)c2)c(C)n1-c1nccs1. The molecule has 0 atom stereocenters. The van der Waals surface area contributed by atoms with E-state index in [4.69, 9.17) is 4.74 Å². The largest absolute Gasteiger partial charge is 0.454 e. The van der Waals surface area contributed by atoms with Gasteiger partial charge in [0.2, 0.25) is 5.78 Å². The Bertz CT molecular complexity index is 1380. The molecular weight excluding hydrogens is 479 g/mol. The van der Waals surface area contributed by atoms with Gasteiger partial charge in [-0.15, -0.1) is 11.3 Å². The maximum absolute atomic E-state index is 13.0. The van der Waals surface area contributed by atoms with Gasteiger partial charge < -0.3 is 10.1 Å². The van der Waals surface area contributed by atoms with E-state index in [2.05, 4.69) is 10.3 Å². The van der Waals surface area contributed by atoms with E-state index < -0.39 is 24.3 Å². The number of hydrogen-bond acceptors (Lipinski definition) is 6. The first-order chi connectivity index (χ1) is 16.6. The highest BCUT2D eigenvalue weighted by molar-refractivity contribution is 7.12. The number of carbonyl (C=O) groups is 2. The van der Waals surface area contributed by atoms with Gasteiger partial charge in [-0.2, -0.15) is 13.2 Å². The quantitative estimate of drug-likeness (QED) is 0.237. The summed E-state index contributed by atoms with van der Waals surface area (Å²) in [5.74, 6) is -1.15. The second-order valence-corrected chi connectivity index (χ2v) is 8.56. The summed E-state index contributed by atoms with van der Waals surface area (Å²) in [5, 5.41) is 5.39. The van der Waals surface area contributed by atoms with Crippen molar-refractivity contribution in [2.75, 3.05) is 11.9 Å². The molecule has 10 heteroatoms. The number of rotatable bonds is 7. The van der Waals surface area contributed by atoms with Crippen molar-refractivity contribution in [2.24, 2.45) is 0 Å². The van der Waals surface area contributed by atoms with Crippen molar-refractivity contribution in [3.8, 4) is 5.13 Å². The summed E-state index contributed by atoms with van der Waals surface area (Å²) < 4.78 is 46.2. The minimum atomic E-state index is -4.49. The summed E-state index contributed by atoms with van der Waals surface area (Å²) in [4.78, 5) is 29.8. The Morgan fingerprint density at radius 1 is 1.06 bits per heavy atom. The third kappa shape index (κ3) is 5.27. The zero-order valence-electron chi connectivity index (χ0n) is 18.7. The van der Waals surface area contributed by atoms with Crippen molar-refractivity contribution in [3.05, 3.63) is 94.3 Å². The van der Waals surface area contributed by atoms with Crippen LogP contribution in [0.15, 0.2) is 66.2 Å². The Hall–Kier alpha value is -3.92. The number of hydrogen-bond donors (Lipinski definition) is 1. The van der Waals surface area contributed by atoms with E-state index >= 15 is 0 Å². The van der Waals surface area contributed by atoms with Crippen LogP contribution < -0.4 is 5.32 Å². The van der Waals surface area contributed by atoms with E-state index in [-0.39, 0.29) is 22.7 Å². The molecule has 0 saturated carbocycles. The number of ketones is 1. The molecule has 2 aromatic carbocycles. The summed E-state index contributed by atoms with van der Waals surface area (Å²) in [6.45, 7) is 3.16. The highest BCUT2D eigenvalue weighted by Crippen LogP contribution is 2.32. The summed E-state index contributed by atoms with van der Waals surface area (Å²) in [5.41, 5.74) is 1.61. The predicted molar refractivity (Wildman–Crippen MR) is 127 cm³/mol. The number of carbonyl (C=O) groups excluding carboxylic acids is 2. The molecule has 0 bridgehead atoms. The fraction of sp³-hybridized carbons (Fsp3) is 0.160. The molecule has 0 amide bonds. The number of thiazole rings is 1. The minimum absolute atomic E-state index is 0.0889. The fourth-order valence-electron chi connectivity index (χ4n) is 3.65. The van der Waals surface area contributed by atoms with Gasteiger partial charge in [0.15, 0.2) is 11.7 Å². The van der Waals surface area contributed by atoms with Crippen LogP contribution in [-0.2, 0) is 10.9 Å². The molecule has 2 heterocycles. The van der Waals surface area contributed by atoms with Crippen LogP contribution in [0.2, 0.25) is 0 Å². The van der Waals surface area contributed by atoms with Crippen LogP contribution in [0.4, 0.5) is 24.5 Å². The first-order valence-corrected chi connectivity index (χ1v) is 11.4. The minimum Gasteiger partial charge on any atom is -0.454 e. The predicted octanol–water partition coefficient (Wildman–Crippen LogP) is 6.35. The molecule has 0 radical (unpaired) electrons. The zero-order chi connectivity index (χ0) is 25.2. The normalized spacial score (nSPS) is 11.3. The van der Waals surface area contributed by atoms with Crippen molar-refractivity contribution in [2.45, 2.75) is 20.0 Å². The van der Waals surface area contributed by atoms with Gasteiger partial charge in [0.25, 0.3) is 0 Å². The van der Waals surface area contributed by atoms with Crippen LogP contribution in [0.5, 0.6) is 0 Å². The van der Waals surface area contributed by atoms with Crippen molar-refractivity contribution in [1.29, 1.82) is 0 Å². The zero-order valence-corrected chi connectivity index (χ0v) is 19.5. The average molecular weight is 500 g/mol. The lowest BCUT2D eigenvalue weighted by molar-refractivity contribution is -0.137. The van der Waals surface area contributed by atoms with Gasteiger partial charge in [-0.25, -0.2) is 9.78 Å². The molecule has 0 aliphatic heterocycles. The molecule has 1 N–H and O–H groups in total. The first kappa shape index (κ1) is 24.2. The highest BCUT2D eigenvalue weighted by Gasteiger charge is 2.30. The van der Waals surface area contributed by atoms with E-state index in [9.17, 15) is 22.8 Å². The lowest BCUT2D eigenvalue weighted by Crippen LogP contribution is -2.16. The molecule has 0 unspecified atom stereocenters. The standard InChI is InChI=1S/C25H20F3N3O3S/c1-15-12-20(16(2)31(15)24-29-10-11-35-24)22(32)14-34-23(33)19-8-3-4-9-21(19)30-18-7-5-6-17(13-18)25(26,27)28/h3-13,30H,14H2,1-2H3. The molecule has 4 rings (SSSR count). The lowest BCUT2D eigenvalue weighted by atomic mass is 10.1. The third-order valence-electron chi connectivity index (χ3n) is 5.29. The van der Waals surface area contributed by atoms with Gasteiger partial charge in [0, 0.05) is 34.2 Å². The number of halogens is 3. The summed E-state index contributed by atoms with van der Waals surface area (Å²) in [7, 11) is 0. The smallest absolute Gasteiger partial charge is 0.416 e. The number of para-hydroxylation sites is 1. The van der Waals surface area contributed by atoms with E-state index in [1.54, 1.807) is 37.4 Å². The topological polar surface area (TPSA) is 73.2 Å². The molecular formula is C25H20F3N3O3S. The Kier molecular flexibility index (Phi) is 6.74. The van der Waals surface area contributed by atoms with Crippen LogP contribution in [0.25, 0.3) is 5.13 Å². The maximum atomic E-state index is 13.0. The van der Waals surface area contributed by atoms with Crippen LogP contribution in [0.3, 0.4) is 0 Å². The number of esters is 1. The number of benzene rings is 2. The molecule has 0 saturated heterocycles. The third-order valence-corrected chi connectivity index (χ3v) is 6.05. The number of ether oxygens (including phenoxy) is 1. The molecule has 0 spiro atoms. The van der Waals surface area contributed by atoms with Gasteiger partial charge in [-0.1, -0.05) is 18.2 Å². The van der Waals surface area contributed by atoms with E-state index in [0.29, 0.717) is 11.3 Å². The highest BCUT2D eigenvalue weighted by atomic mass is 32.1. The Morgan fingerprint density at radius 3 is 2.54 bits per heavy atom. The van der Waals surface area contributed by atoms with E-state index in [1.165, 1.54) is 29.5 Å². The van der Waals surface area contributed by atoms with E-state index in [1.807, 2.05) is 16.9 Å². The van der Waals surface area contributed by atoms with Gasteiger partial charge in [0.1, 0.15) is 0 Å². The Morgan fingerprint density at radius 2 is 1.83 bits per heavy atom. The van der Waals surface area contributed by atoms with Crippen LogP contribution in [0.1, 0.15) is 37.7 Å². The summed E-state index contributed by atoms with van der Waals surface area (Å²) in [6.07, 6.45) is -2.82. The van der Waals surface area contributed by atoms with Gasteiger partial charge in [0.05, 0.1) is 16.8 Å². The van der Waals surface area contributed by atoms with Crippen molar-refractivity contribution in [1.82, 2.24) is 9.55 Å². The van der Waals surface area contributed by atoms with Crippen molar-refractivity contribution >= 4 is 34.5 Å². The average Bonchev–Trinajstić information content (AvgIpc) is 3.44. The Labute approximate surface area is 203 Å². The number of aryl methyl sites for hydroxylation is 1. The number of anilines is 2. The summed E-state index contributed by atoms with van der Waals surface area (Å²) >= 11 is 1.44. The van der Waals surface area contributed by atoms with Crippen molar-refractivity contribution in [3.63, 3.8) is 0 Å². The first-order valence-electron chi connectivity index (χ1n) is 10.5. The fourth-order valence-corrected chi connectivity index (χ4v) is 4.40. The van der Waals surface area contributed by atoms with Gasteiger partial charge in [-0.3, -0.25) is 9.36 Å². The number of aromatic nitrogens is 2. The monoisotopic (exact) mass is 499 g/mol. The molecule has 0 fully saturated rings. The molecule has 6 nitrogen and oxygen atoms in total. The molecule has 2 aromatic heterocycles. The van der Waals surface area contributed by atoms with Crippen LogP contribution >= 0.6 is 11.3 Å². The van der Waals surface area contributed by atoms with Gasteiger partial charge in [-0.05, 0) is 50.2 Å².